The smallest absolute Gasteiger partial charge is 0.207 e. The van der Waals surface area contributed by atoms with E-state index in [-0.39, 0.29) is 9.92 Å². The molecular weight excluding hydrogens is 245 g/mol. The fourth-order valence-electron chi connectivity index (χ4n) is 0.970. The third kappa shape index (κ3) is 2.01. The third-order valence-corrected chi connectivity index (χ3v) is 3.70. The first-order valence-electron chi connectivity index (χ1n) is 3.52. The van der Waals surface area contributed by atoms with Gasteiger partial charge in [0.05, 0.1) is 16.7 Å². The van der Waals surface area contributed by atoms with Crippen LogP contribution >= 0.6 is 22.3 Å². The van der Waals surface area contributed by atoms with Crippen LogP contribution in [0.1, 0.15) is 11.1 Å². The zero-order valence-electron chi connectivity index (χ0n) is 7.08. The second-order valence-electron chi connectivity index (χ2n) is 2.60. The van der Waals surface area contributed by atoms with Gasteiger partial charge in [-0.3, -0.25) is 0 Å². The summed E-state index contributed by atoms with van der Waals surface area (Å²) in [5.74, 6) is 0. The van der Waals surface area contributed by atoms with Gasteiger partial charge in [-0.15, -0.1) is 0 Å². The molecule has 1 aromatic carbocycles. The van der Waals surface area contributed by atoms with E-state index in [1.165, 1.54) is 12.1 Å². The molecule has 0 aliphatic rings. The molecular formula is C8H5Cl2NO2S. The minimum Gasteiger partial charge on any atom is -0.207 e. The highest BCUT2D eigenvalue weighted by atomic mass is 35.7. The van der Waals surface area contributed by atoms with Crippen molar-refractivity contribution >= 4 is 31.3 Å². The lowest BCUT2D eigenvalue weighted by Crippen LogP contribution is -1.95. The SMILES string of the molecule is Cc1c(C#N)ccc(S(=O)(=O)Cl)c1Cl. The predicted molar refractivity (Wildman–Crippen MR) is 53.9 cm³/mol. The Labute approximate surface area is 91.3 Å². The molecule has 0 radical (unpaired) electrons. The van der Waals surface area contributed by atoms with Crippen LogP contribution in [-0.4, -0.2) is 8.42 Å². The molecule has 0 heterocycles. The Morgan fingerprint density at radius 1 is 1.43 bits per heavy atom. The Morgan fingerprint density at radius 2 is 2.00 bits per heavy atom. The average molecular weight is 250 g/mol. The van der Waals surface area contributed by atoms with E-state index in [4.69, 9.17) is 27.5 Å². The van der Waals surface area contributed by atoms with E-state index in [2.05, 4.69) is 0 Å². The van der Waals surface area contributed by atoms with Gasteiger partial charge in [0, 0.05) is 10.7 Å². The summed E-state index contributed by atoms with van der Waals surface area (Å²) in [6.45, 7) is 1.56. The second kappa shape index (κ2) is 3.77. The first-order valence-corrected chi connectivity index (χ1v) is 6.20. The van der Waals surface area contributed by atoms with Crippen molar-refractivity contribution in [1.82, 2.24) is 0 Å². The van der Waals surface area contributed by atoms with Crippen LogP contribution in [0, 0.1) is 18.3 Å². The molecule has 0 amide bonds. The predicted octanol–water partition coefficient (Wildman–Crippen LogP) is 2.45. The standard InChI is InChI=1S/C8H5Cl2NO2S/c1-5-6(4-11)2-3-7(8(5)9)14(10,12)13/h2-3H,1H3. The molecule has 1 rings (SSSR count). The Kier molecular flexibility index (Phi) is 3.05. The molecule has 0 fully saturated rings. The summed E-state index contributed by atoms with van der Waals surface area (Å²) in [7, 11) is 1.29. The topological polar surface area (TPSA) is 57.9 Å². The first kappa shape index (κ1) is 11.3. The quantitative estimate of drug-likeness (QED) is 0.719. The van der Waals surface area contributed by atoms with Crippen LogP contribution in [0.2, 0.25) is 5.02 Å². The lowest BCUT2D eigenvalue weighted by Gasteiger charge is -2.04. The summed E-state index contributed by atoms with van der Waals surface area (Å²) < 4.78 is 22.0. The molecule has 0 saturated carbocycles. The summed E-state index contributed by atoms with van der Waals surface area (Å²) >= 11 is 5.75. The van der Waals surface area contributed by atoms with Crippen molar-refractivity contribution in [3.05, 3.63) is 28.3 Å². The molecule has 3 nitrogen and oxygen atoms in total. The fraction of sp³-hybridized carbons (Fsp3) is 0.125. The van der Waals surface area contributed by atoms with E-state index in [0.717, 1.165) is 0 Å². The second-order valence-corrected chi connectivity index (χ2v) is 5.51. The minimum atomic E-state index is -3.85. The van der Waals surface area contributed by atoms with Crippen molar-refractivity contribution in [2.24, 2.45) is 0 Å². The van der Waals surface area contributed by atoms with Gasteiger partial charge in [0.2, 0.25) is 0 Å². The lowest BCUT2D eigenvalue weighted by molar-refractivity contribution is 0.609. The molecule has 1 aromatic rings. The molecule has 0 saturated heterocycles. The maximum atomic E-state index is 11.0. The van der Waals surface area contributed by atoms with E-state index in [0.29, 0.717) is 11.1 Å². The maximum Gasteiger partial charge on any atom is 0.262 e. The average Bonchev–Trinajstić information content (AvgIpc) is 2.07. The van der Waals surface area contributed by atoms with Crippen LogP contribution in [0.5, 0.6) is 0 Å². The summed E-state index contributed by atoms with van der Waals surface area (Å²) in [6, 6.07) is 4.48. The number of rotatable bonds is 1. The van der Waals surface area contributed by atoms with E-state index < -0.39 is 9.05 Å². The molecule has 0 bridgehead atoms. The van der Waals surface area contributed by atoms with E-state index in [1.807, 2.05) is 6.07 Å². The molecule has 0 aromatic heterocycles. The first-order chi connectivity index (χ1) is 6.38. The molecule has 0 aliphatic carbocycles. The molecule has 6 heteroatoms. The Balaban J connectivity index is 3.57. The van der Waals surface area contributed by atoms with Crippen molar-refractivity contribution in [2.45, 2.75) is 11.8 Å². The number of benzene rings is 1. The van der Waals surface area contributed by atoms with Crippen molar-refractivity contribution < 1.29 is 8.42 Å². The maximum absolute atomic E-state index is 11.0. The van der Waals surface area contributed by atoms with Gasteiger partial charge in [0.15, 0.2) is 0 Å². The molecule has 0 N–H and O–H groups in total. The van der Waals surface area contributed by atoms with Crippen LogP contribution in [0.15, 0.2) is 17.0 Å². The molecule has 0 unspecified atom stereocenters. The third-order valence-electron chi connectivity index (χ3n) is 1.73. The molecule has 0 atom stereocenters. The minimum absolute atomic E-state index is 0.000880. The zero-order chi connectivity index (χ0) is 10.9. The summed E-state index contributed by atoms with van der Waals surface area (Å²) in [5.41, 5.74) is 0.745. The molecule has 0 spiro atoms. The van der Waals surface area contributed by atoms with Gasteiger partial charge in [-0.25, -0.2) is 8.42 Å². The van der Waals surface area contributed by atoms with Crippen molar-refractivity contribution in [1.29, 1.82) is 5.26 Å². The normalized spacial score (nSPS) is 11.0. The summed E-state index contributed by atoms with van der Waals surface area (Å²) in [5, 5.41) is 8.64. The van der Waals surface area contributed by atoms with E-state index >= 15 is 0 Å². The number of halogens is 2. The van der Waals surface area contributed by atoms with Crippen LogP contribution in [0.25, 0.3) is 0 Å². The van der Waals surface area contributed by atoms with Gasteiger partial charge >= 0.3 is 0 Å². The Hall–Kier alpha value is -0.760. The summed E-state index contributed by atoms with van der Waals surface area (Å²) in [4.78, 5) is -0.169. The van der Waals surface area contributed by atoms with Crippen LogP contribution in [0.3, 0.4) is 0 Å². The zero-order valence-corrected chi connectivity index (χ0v) is 9.41. The Morgan fingerprint density at radius 3 is 2.43 bits per heavy atom. The van der Waals surface area contributed by atoms with Crippen LogP contribution < -0.4 is 0 Å². The number of nitrogens with zero attached hydrogens (tertiary/aromatic N) is 1. The van der Waals surface area contributed by atoms with Crippen molar-refractivity contribution in [3.63, 3.8) is 0 Å². The highest BCUT2D eigenvalue weighted by Gasteiger charge is 2.17. The van der Waals surface area contributed by atoms with Crippen LogP contribution in [0.4, 0.5) is 0 Å². The van der Waals surface area contributed by atoms with Gasteiger partial charge in [0.1, 0.15) is 4.90 Å². The number of nitriles is 1. The number of hydrogen-bond donors (Lipinski definition) is 0. The van der Waals surface area contributed by atoms with Crippen molar-refractivity contribution in [2.75, 3.05) is 0 Å². The van der Waals surface area contributed by atoms with Gasteiger partial charge < -0.3 is 0 Å². The highest BCUT2D eigenvalue weighted by Crippen LogP contribution is 2.29. The number of hydrogen-bond acceptors (Lipinski definition) is 3. The van der Waals surface area contributed by atoms with Crippen LogP contribution in [-0.2, 0) is 9.05 Å². The van der Waals surface area contributed by atoms with Gasteiger partial charge in [-0.2, -0.15) is 5.26 Å². The Bertz CT molecular complexity index is 517. The lowest BCUT2D eigenvalue weighted by atomic mass is 10.1. The molecule has 14 heavy (non-hydrogen) atoms. The fourth-order valence-corrected chi connectivity index (χ4v) is 2.54. The molecule has 0 aliphatic heterocycles. The van der Waals surface area contributed by atoms with Gasteiger partial charge in [-0.1, -0.05) is 11.6 Å². The van der Waals surface area contributed by atoms with Gasteiger partial charge in [0.25, 0.3) is 9.05 Å². The van der Waals surface area contributed by atoms with E-state index in [1.54, 1.807) is 6.92 Å². The van der Waals surface area contributed by atoms with Gasteiger partial charge in [-0.05, 0) is 24.6 Å². The monoisotopic (exact) mass is 249 g/mol. The summed E-state index contributed by atoms with van der Waals surface area (Å²) in [6.07, 6.45) is 0. The largest absolute Gasteiger partial charge is 0.262 e. The van der Waals surface area contributed by atoms with E-state index in [9.17, 15) is 8.42 Å². The molecule has 74 valence electrons. The van der Waals surface area contributed by atoms with Crippen molar-refractivity contribution in [3.8, 4) is 6.07 Å². The highest BCUT2D eigenvalue weighted by molar-refractivity contribution is 8.13.